The number of hydrogen-bond donors (Lipinski definition) is 2. The molecule has 3 saturated heterocycles. The number of aliphatic hydroxyl groups excluding tert-OH is 1. The summed E-state index contributed by atoms with van der Waals surface area (Å²) in [4.78, 5) is 4.77. The lowest BCUT2D eigenvalue weighted by atomic mass is 10.1. The third kappa shape index (κ3) is 5.65. The van der Waals surface area contributed by atoms with Gasteiger partial charge < -0.3 is 24.6 Å². The van der Waals surface area contributed by atoms with Crippen LogP contribution in [0, 0.1) is 0 Å². The maximum absolute atomic E-state index is 10.5. The Morgan fingerprint density at radius 1 is 1.07 bits per heavy atom. The van der Waals surface area contributed by atoms with Crippen molar-refractivity contribution in [2.45, 2.75) is 63.6 Å². The highest BCUT2D eigenvalue weighted by Crippen LogP contribution is 2.30. The summed E-state index contributed by atoms with van der Waals surface area (Å²) in [5, 5.41) is 14.1. The first-order valence-corrected chi connectivity index (χ1v) is 11.3. The van der Waals surface area contributed by atoms with Gasteiger partial charge in [0.05, 0.1) is 19.3 Å². The molecule has 3 heterocycles. The van der Waals surface area contributed by atoms with Crippen molar-refractivity contribution in [3.05, 3.63) is 23.8 Å². The molecule has 4 rings (SSSR count). The molecule has 0 aromatic heterocycles. The zero-order valence-electron chi connectivity index (χ0n) is 18.5. The number of methoxy groups -OCH3 is 1. The van der Waals surface area contributed by atoms with E-state index >= 15 is 0 Å². The van der Waals surface area contributed by atoms with Gasteiger partial charge in [-0.2, -0.15) is 0 Å². The van der Waals surface area contributed by atoms with Gasteiger partial charge in [-0.15, -0.1) is 0 Å². The summed E-state index contributed by atoms with van der Waals surface area (Å²) < 4.78 is 17.3. The smallest absolute Gasteiger partial charge is 0.161 e. The lowest BCUT2D eigenvalue weighted by Gasteiger charge is -2.36. The number of rotatable bonds is 8. The van der Waals surface area contributed by atoms with Crippen LogP contribution in [0.15, 0.2) is 18.2 Å². The number of β-amino-alcohol motifs (C(OH)–C–C–N with tert-alkyl or cyclic N) is 1. The molecule has 1 aromatic rings. The lowest BCUT2D eigenvalue weighted by molar-refractivity contribution is -0.0787. The van der Waals surface area contributed by atoms with Gasteiger partial charge in [0, 0.05) is 51.4 Å². The first-order valence-electron chi connectivity index (χ1n) is 11.3. The van der Waals surface area contributed by atoms with E-state index in [1.54, 1.807) is 7.11 Å². The van der Waals surface area contributed by atoms with Crippen molar-refractivity contribution in [1.29, 1.82) is 0 Å². The van der Waals surface area contributed by atoms with Crippen LogP contribution in [0.25, 0.3) is 0 Å². The Bertz CT molecular complexity index is 681. The zero-order chi connectivity index (χ0) is 21.1. The normalized spacial score (nSPS) is 30.9. The van der Waals surface area contributed by atoms with E-state index in [0.29, 0.717) is 24.4 Å². The minimum absolute atomic E-state index is 0.195. The molecule has 5 atom stereocenters. The molecule has 0 saturated carbocycles. The van der Waals surface area contributed by atoms with Crippen molar-refractivity contribution in [2.24, 2.45) is 0 Å². The number of morpholine rings is 1. The highest BCUT2D eigenvalue weighted by atomic mass is 16.5. The maximum atomic E-state index is 10.5. The first-order chi connectivity index (χ1) is 14.5. The molecule has 2 bridgehead atoms. The van der Waals surface area contributed by atoms with E-state index in [-0.39, 0.29) is 18.8 Å². The van der Waals surface area contributed by atoms with Crippen molar-refractivity contribution in [3.63, 3.8) is 0 Å². The molecule has 3 aliphatic rings. The number of ether oxygens (including phenoxy) is 3. The summed E-state index contributed by atoms with van der Waals surface area (Å²) in [6.07, 6.45) is 2.42. The van der Waals surface area contributed by atoms with Crippen LogP contribution in [-0.2, 0) is 11.3 Å². The van der Waals surface area contributed by atoms with E-state index in [1.165, 1.54) is 18.4 Å². The number of hydrogen-bond acceptors (Lipinski definition) is 7. The van der Waals surface area contributed by atoms with Gasteiger partial charge in [0.15, 0.2) is 11.5 Å². The van der Waals surface area contributed by atoms with Crippen LogP contribution in [0.1, 0.15) is 32.3 Å². The van der Waals surface area contributed by atoms with Gasteiger partial charge in [0.25, 0.3) is 0 Å². The van der Waals surface area contributed by atoms with E-state index in [2.05, 4.69) is 41.1 Å². The van der Waals surface area contributed by atoms with E-state index in [0.717, 1.165) is 38.5 Å². The molecule has 0 amide bonds. The molecule has 7 heteroatoms. The third-order valence-electron chi connectivity index (χ3n) is 6.32. The number of nitrogens with zero attached hydrogens (tertiary/aromatic N) is 2. The third-order valence-corrected chi connectivity index (χ3v) is 6.32. The number of fused-ring (bicyclic) bond motifs is 2. The summed E-state index contributed by atoms with van der Waals surface area (Å²) >= 11 is 0. The van der Waals surface area contributed by atoms with Crippen molar-refractivity contribution in [3.8, 4) is 11.5 Å². The topological polar surface area (TPSA) is 66.4 Å². The molecule has 2 N–H and O–H groups in total. The predicted octanol–water partition coefficient (Wildman–Crippen LogP) is 1.48. The largest absolute Gasteiger partial charge is 0.493 e. The maximum Gasteiger partial charge on any atom is 0.161 e. The van der Waals surface area contributed by atoms with E-state index in [1.807, 2.05) is 6.07 Å². The predicted molar refractivity (Wildman–Crippen MR) is 116 cm³/mol. The van der Waals surface area contributed by atoms with Crippen LogP contribution in [0.5, 0.6) is 11.5 Å². The SMILES string of the molecule is COc1cc(CN2C[C@H]3CC[C@@H](C2)N3)ccc1OCC(O)CN1C[C@@H](C)O[C@@H](C)C1. The second-order valence-corrected chi connectivity index (χ2v) is 9.26. The Morgan fingerprint density at radius 2 is 1.77 bits per heavy atom. The zero-order valence-corrected chi connectivity index (χ0v) is 18.5. The van der Waals surface area contributed by atoms with Gasteiger partial charge >= 0.3 is 0 Å². The molecular weight excluding hydrogens is 382 g/mol. The number of piperazine rings is 1. The number of aliphatic hydroxyl groups is 1. The van der Waals surface area contributed by atoms with Crippen LogP contribution < -0.4 is 14.8 Å². The van der Waals surface area contributed by atoms with Crippen molar-refractivity contribution in [2.75, 3.05) is 46.4 Å². The summed E-state index contributed by atoms with van der Waals surface area (Å²) in [7, 11) is 1.67. The second-order valence-electron chi connectivity index (χ2n) is 9.26. The molecule has 3 aliphatic heterocycles. The van der Waals surface area contributed by atoms with Gasteiger partial charge in [-0.05, 0) is 44.4 Å². The highest BCUT2D eigenvalue weighted by molar-refractivity contribution is 5.43. The van der Waals surface area contributed by atoms with Gasteiger partial charge in [0.1, 0.15) is 12.7 Å². The molecule has 0 aliphatic carbocycles. The van der Waals surface area contributed by atoms with E-state index < -0.39 is 6.10 Å². The molecule has 168 valence electrons. The monoisotopic (exact) mass is 419 g/mol. The summed E-state index contributed by atoms with van der Waals surface area (Å²) in [5.74, 6) is 1.41. The second kappa shape index (κ2) is 9.83. The molecule has 3 fully saturated rings. The molecule has 1 aromatic carbocycles. The van der Waals surface area contributed by atoms with Crippen LogP contribution >= 0.6 is 0 Å². The Hall–Kier alpha value is -1.38. The van der Waals surface area contributed by atoms with Gasteiger partial charge in [-0.25, -0.2) is 0 Å². The van der Waals surface area contributed by atoms with Gasteiger partial charge in [0.2, 0.25) is 0 Å². The fourth-order valence-corrected chi connectivity index (χ4v) is 5.18. The van der Waals surface area contributed by atoms with Gasteiger partial charge in [-0.1, -0.05) is 6.07 Å². The van der Waals surface area contributed by atoms with E-state index in [9.17, 15) is 5.11 Å². The molecule has 30 heavy (non-hydrogen) atoms. The number of benzene rings is 1. The van der Waals surface area contributed by atoms with Crippen LogP contribution in [0.2, 0.25) is 0 Å². The Labute approximate surface area is 180 Å². The average molecular weight is 420 g/mol. The molecule has 7 nitrogen and oxygen atoms in total. The average Bonchev–Trinajstić information content (AvgIpc) is 3.04. The van der Waals surface area contributed by atoms with Crippen LogP contribution in [-0.4, -0.2) is 91.7 Å². The Balaban J connectivity index is 1.28. The Morgan fingerprint density at radius 3 is 2.43 bits per heavy atom. The summed E-state index contributed by atoms with van der Waals surface area (Å²) in [6.45, 7) is 9.82. The van der Waals surface area contributed by atoms with Crippen LogP contribution in [0.4, 0.5) is 0 Å². The lowest BCUT2D eigenvalue weighted by Crippen LogP contribution is -2.50. The standard InChI is InChI=1S/C23H37N3O4/c1-16-9-25(10-17(2)30-16)14-21(27)15-29-22-7-4-18(8-23(22)28-3)11-26-12-19-5-6-20(13-26)24-19/h4,7-8,16-17,19-21,24,27H,5-6,9-15H2,1-3H3/t16-,17+,19-,20+,21?. The summed E-state index contributed by atoms with van der Waals surface area (Å²) in [6, 6.07) is 7.44. The number of likely N-dealkylation sites (tertiary alicyclic amines) is 1. The molecule has 1 unspecified atom stereocenters. The molecule has 0 spiro atoms. The van der Waals surface area contributed by atoms with Gasteiger partial charge in [-0.3, -0.25) is 9.80 Å². The fraction of sp³-hybridized carbons (Fsp3) is 0.739. The minimum Gasteiger partial charge on any atom is -0.493 e. The fourth-order valence-electron chi connectivity index (χ4n) is 5.18. The summed E-state index contributed by atoms with van der Waals surface area (Å²) in [5.41, 5.74) is 1.23. The molecule has 0 radical (unpaired) electrons. The van der Waals surface area contributed by atoms with Crippen molar-refractivity contribution < 1.29 is 19.3 Å². The number of nitrogens with one attached hydrogen (secondary N) is 1. The quantitative estimate of drug-likeness (QED) is 0.662. The first kappa shape index (κ1) is 21.8. The van der Waals surface area contributed by atoms with Crippen molar-refractivity contribution in [1.82, 2.24) is 15.1 Å². The minimum atomic E-state index is -0.553. The highest BCUT2D eigenvalue weighted by Gasteiger charge is 2.32. The van der Waals surface area contributed by atoms with Crippen molar-refractivity contribution >= 4 is 0 Å². The van der Waals surface area contributed by atoms with Crippen LogP contribution in [0.3, 0.4) is 0 Å². The van der Waals surface area contributed by atoms with E-state index in [4.69, 9.17) is 14.2 Å². The Kier molecular flexibility index (Phi) is 7.16. The molecular formula is C23H37N3O4.